The second kappa shape index (κ2) is 7.35. The topological polar surface area (TPSA) is 103 Å². The van der Waals surface area contributed by atoms with Crippen molar-refractivity contribution in [2.45, 2.75) is 45.2 Å². The number of nitrogens with two attached hydrogens (primary N) is 1. The molecule has 1 aliphatic rings. The molecule has 0 spiro atoms. The molecule has 8 heteroatoms. The Balaban J connectivity index is 2.04. The summed E-state index contributed by atoms with van der Waals surface area (Å²) in [6.45, 7) is 8.29. The second-order valence-electron chi connectivity index (χ2n) is 8.34. The van der Waals surface area contributed by atoms with E-state index in [4.69, 9.17) is 15.2 Å². The number of benzene rings is 1. The molecule has 7 nitrogen and oxygen atoms in total. The van der Waals surface area contributed by atoms with E-state index in [-0.39, 0.29) is 17.0 Å². The Bertz CT molecular complexity index is 956. The van der Waals surface area contributed by atoms with Gasteiger partial charge in [-0.1, -0.05) is 0 Å². The van der Waals surface area contributed by atoms with Crippen LogP contribution in [0.5, 0.6) is 11.5 Å². The maximum Gasteiger partial charge on any atom is 0.256 e. The minimum atomic E-state index is -0.547. The van der Waals surface area contributed by atoms with Crippen LogP contribution in [0.25, 0.3) is 0 Å². The largest absolute Gasteiger partial charge is 0.497 e. The first-order chi connectivity index (χ1) is 13.5. The summed E-state index contributed by atoms with van der Waals surface area (Å²) in [6, 6.07) is 4.92. The molecule has 4 N–H and O–H groups in total. The molecule has 156 valence electrons. The Hall–Kier alpha value is -2.58. The summed E-state index contributed by atoms with van der Waals surface area (Å²) < 4.78 is 10.5. The van der Waals surface area contributed by atoms with E-state index >= 15 is 0 Å². The molecule has 2 aromatic rings. The normalized spacial score (nSPS) is 16.6. The molecule has 1 aromatic heterocycles. The van der Waals surface area contributed by atoms with Crippen LogP contribution in [0, 0.1) is 0 Å². The third-order valence-corrected chi connectivity index (χ3v) is 6.40. The lowest BCUT2D eigenvalue weighted by Gasteiger charge is -2.42. The van der Waals surface area contributed by atoms with Crippen molar-refractivity contribution in [1.82, 2.24) is 5.32 Å². The lowest BCUT2D eigenvalue weighted by atomic mass is 9.81. The highest BCUT2D eigenvalue weighted by Gasteiger charge is 2.41. The Labute approximate surface area is 174 Å². The predicted octanol–water partition coefficient (Wildman–Crippen LogP) is 3.28. The zero-order valence-corrected chi connectivity index (χ0v) is 18.4. The van der Waals surface area contributed by atoms with Crippen molar-refractivity contribution < 1.29 is 19.1 Å². The number of ether oxygens (including phenoxy) is 2. The molecule has 29 heavy (non-hydrogen) atoms. The van der Waals surface area contributed by atoms with Crippen LogP contribution in [0.4, 0.5) is 5.00 Å². The van der Waals surface area contributed by atoms with Crippen molar-refractivity contribution in [2.24, 2.45) is 5.73 Å². The van der Waals surface area contributed by atoms with Gasteiger partial charge in [0, 0.05) is 27.6 Å². The first kappa shape index (κ1) is 21.1. The van der Waals surface area contributed by atoms with Crippen LogP contribution in [0.1, 0.15) is 58.9 Å². The lowest BCUT2D eigenvalue weighted by molar-refractivity contribution is 0.0999. The Morgan fingerprint density at radius 2 is 1.69 bits per heavy atom. The summed E-state index contributed by atoms with van der Waals surface area (Å²) in [5, 5.41) is 6.93. The molecule has 1 aromatic carbocycles. The monoisotopic (exact) mass is 417 g/mol. The zero-order chi connectivity index (χ0) is 21.6. The quantitative estimate of drug-likeness (QED) is 0.693. The van der Waals surface area contributed by atoms with E-state index in [1.165, 1.54) is 25.6 Å². The number of thiophene rings is 1. The first-order valence-corrected chi connectivity index (χ1v) is 10.1. The van der Waals surface area contributed by atoms with E-state index in [1.807, 2.05) is 0 Å². The molecule has 0 bridgehead atoms. The van der Waals surface area contributed by atoms with Crippen molar-refractivity contribution in [3.63, 3.8) is 0 Å². The highest BCUT2D eigenvalue weighted by molar-refractivity contribution is 7.17. The van der Waals surface area contributed by atoms with E-state index in [2.05, 4.69) is 38.3 Å². The van der Waals surface area contributed by atoms with Gasteiger partial charge in [0.2, 0.25) is 0 Å². The van der Waals surface area contributed by atoms with Crippen LogP contribution in [-0.2, 0) is 12.0 Å². The predicted molar refractivity (Wildman–Crippen MR) is 114 cm³/mol. The number of rotatable bonds is 5. The van der Waals surface area contributed by atoms with Gasteiger partial charge in [-0.3, -0.25) is 9.59 Å². The fourth-order valence-electron chi connectivity index (χ4n) is 3.99. The van der Waals surface area contributed by atoms with E-state index < -0.39 is 5.91 Å². The SMILES string of the molecule is COc1cc(OC)cc(C(=O)Nc2sc3c(c2C(N)=O)CC(C)(C)NC3(C)C)c1. The van der Waals surface area contributed by atoms with E-state index in [1.54, 1.807) is 18.2 Å². The molecule has 0 aliphatic carbocycles. The molecule has 0 saturated heterocycles. The minimum absolute atomic E-state index is 0.205. The second-order valence-corrected chi connectivity index (χ2v) is 9.36. The minimum Gasteiger partial charge on any atom is -0.497 e. The van der Waals surface area contributed by atoms with Crippen molar-refractivity contribution >= 4 is 28.2 Å². The fraction of sp³-hybridized carbons (Fsp3) is 0.429. The number of nitrogens with one attached hydrogen (secondary N) is 2. The number of anilines is 1. The lowest BCUT2D eigenvalue weighted by Crippen LogP contribution is -2.55. The smallest absolute Gasteiger partial charge is 0.256 e. The summed E-state index contributed by atoms with van der Waals surface area (Å²) in [5.74, 6) is 0.0900. The van der Waals surface area contributed by atoms with Crippen LogP contribution >= 0.6 is 11.3 Å². The first-order valence-electron chi connectivity index (χ1n) is 9.27. The standard InChI is InChI=1S/C21H27N3O4S/c1-20(2)10-14-15(17(22)25)19(29-16(14)21(3,4)24-20)23-18(26)11-7-12(27-5)9-13(8-11)28-6/h7-9,24H,10H2,1-6H3,(H2,22,25)(H,23,26). The summed E-state index contributed by atoms with van der Waals surface area (Å²) in [7, 11) is 3.04. The van der Waals surface area contributed by atoms with E-state index in [0.717, 1.165) is 10.4 Å². The van der Waals surface area contributed by atoms with Gasteiger partial charge in [-0.15, -0.1) is 11.3 Å². The molecule has 0 radical (unpaired) electrons. The van der Waals surface area contributed by atoms with Crippen molar-refractivity contribution in [3.05, 3.63) is 39.8 Å². The summed E-state index contributed by atoms with van der Waals surface area (Å²) in [4.78, 5) is 26.3. The van der Waals surface area contributed by atoms with Gasteiger partial charge in [-0.25, -0.2) is 0 Å². The van der Waals surface area contributed by atoms with Crippen molar-refractivity contribution in [3.8, 4) is 11.5 Å². The maximum absolute atomic E-state index is 12.9. The molecule has 0 fully saturated rings. The highest BCUT2D eigenvalue weighted by Crippen LogP contribution is 2.45. The average Bonchev–Trinajstić information content (AvgIpc) is 2.98. The molecular formula is C21H27N3O4S. The number of methoxy groups -OCH3 is 2. The van der Waals surface area contributed by atoms with E-state index in [0.29, 0.717) is 34.0 Å². The van der Waals surface area contributed by atoms with Crippen LogP contribution < -0.4 is 25.8 Å². The Morgan fingerprint density at radius 3 is 2.21 bits per heavy atom. The Morgan fingerprint density at radius 1 is 1.10 bits per heavy atom. The van der Waals surface area contributed by atoms with Crippen LogP contribution in [-0.4, -0.2) is 31.6 Å². The molecule has 1 aliphatic heterocycles. The number of carbonyl (C=O) groups is 2. The molecular weight excluding hydrogens is 390 g/mol. The van der Waals surface area contributed by atoms with Gasteiger partial charge in [-0.2, -0.15) is 0 Å². The van der Waals surface area contributed by atoms with E-state index in [9.17, 15) is 9.59 Å². The summed E-state index contributed by atoms with van der Waals surface area (Å²) in [6.07, 6.45) is 0.642. The van der Waals surface area contributed by atoms with Crippen LogP contribution in [0.2, 0.25) is 0 Å². The molecule has 2 heterocycles. The molecule has 2 amide bonds. The molecule has 3 rings (SSSR count). The summed E-state index contributed by atoms with van der Waals surface area (Å²) >= 11 is 1.38. The number of fused-ring (bicyclic) bond motifs is 1. The summed E-state index contributed by atoms with van der Waals surface area (Å²) in [5.41, 5.74) is 6.81. The maximum atomic E-state index is 12.9. The molecule has 0 saturated carbocycles. The molecule has 0 unspecified atom stereocenters. The number of carbonyl (C=O) groups excluding carboxylic acids is 2. The third kappa shape index (κ3) is 4.09. The molecule has 0 atom stereocenters. The average molecular weight is 418 g/mol. The zero-order valence-electron chi connectivity index (χ0n) is 17.6. The van der Waals surface area contributed by atoms with Gasteiger partial charge < -0.3 is 25.8 Å². The third-order valence-electron chi connectivity index (χ3n) is 4.93. The van der Waals surface area contributed by atoms with Gasteiger partial charge in [-0.05, 0) is 51.8 Å². The highest BCUT2D eigenvalue weighted by atomic mass is 32.1. The Kier molecular flexibility index (Phi) is 5.36. The van der Waals surface area contributed by atoms with Gasteiger partial charge in [0.25, 0.3) is 11.8 Å². The number of hydrogen-bond acceptors (Lipinski definition) is 6. The van der Waals surface area contributed by atoms with Gasteiger partial charge in [0.05, 0.1) is 19.8 Å². The number of hydrogen-bond donors (Lipinski definition) is 3. The fourth-order valence-corrected chi connectivity index (χ4v) is 5.27. The number of amides is 2. The van der Waals surface area contributed by atoms with Crippen molar-refractivity contribution in [2.75, 3.05) is 19.5 Å². The van der Waals surface area contributed by atoms with Crippen LogP contribution in [0.3, 0.4) is 0 Å². The van der Waals surface area contributed by atoms with Gasteiger partial charge in [0.15, 0.2) is 0 Å². The number of primary amides is 1. The van der Waals surface area contributed by atoms with Gasteiger partial charge in [0.1, 0.15) is 16.5 Å². The van der Waals surface area contributed by atoms with Gasteiger partial charge >= 0.3 is 0 Å². The van der Waals surface area contributed by atoms with Crippen molar-refractivity contribution in [1.29, 1.82) is 0 Å². The van der Waals surface area contributed by atoms with Crippen LogP contribution in [0.15, 0.2) is 18.2 Å².